The van der Waals surface area contributed by atoms with Gasteiger partial charge in [-0.25, -0.2) is 0 Å². The Bertz CT molecular complexity index is 316. The van der Waals surface area contributed by atoms with E-state index in [0.29, 0.717) is 5.82 Å². The standard InChI is InChI=1S/C7H12N6S/c1-14-5-2-6(9)7-10-12-13(11-7)4-3-8/h6H,2,4-5,9H2,1H3/t6-/m0/s1. The molecule has 1 aromatic heterocycles. The molecule has 0 aliphatic rings. The second-order valence-electron chi connectivity index (χ2n) is 2.72. The van der Waals surface area contributed by atoms with Crippen LogP contribution in [0.5, 0.6) is 0 Å². The van der Waals surface area contributed by atoms with E-state index in [2.05, 4.69) is 15.4 Å². The molecule has 0 aliphatic heterocycles. The lowest BCUT2D eigenvalue weighted by atomic mass is 10.2. The van der Waals surface area contributed by atoms with Gasteiger partial charge in [0.2, 0.25) is 0 Å². The molecule has 1 aromatic rings. The van der Waals surface area contributed by atoms with Crippen molar-refractivity contribution in [3.05, 3.63) is 5.82 Å². The fourth-order valence-corrected chi connectivity index (χ4v) is 1.40. The molecule has 7 heteroatoms. The Hall–Kier alpha value is -1.13. The summed E-state index contributed by atoms with van der Waals surface area (Å²) in [6.45, 7) is 0.113. The van der Waals surface area contributed by atoms with Crippen LogP contribution in [-0.2, 0) is 6.54 Å². The average Bonchev–Trinajstić information content (AvgIpc) is 2.63. The number of aromatic nitrogens is 4. The van der Waals surface area contributed by atoms with Crippen LogP contribution in [0.1, 0.15) is 18.3 Å². The first-order valence-electron chi connectivity index (χ1n) is 4.17. The summed E-state index contributed by atoms with van der Waals surface area (Å²) in [7, 11) is 0. The molecule has 2 N–H and O–H groups in total. The molecular weight excluding hydrogens is 200 g/mol. The number of thioether (sulfide) groups is 1. The SMILES string of the molecule is CSCC[C@H](N)c1nnn(CC#N)n1. The van der Waals surface area contributed by atoms with Gasteiger partial charge in [0.1, 0.15) is 6.54 Å². The van der Waals surface area contributed by atoms with Crippen LogP contribution < -0.4 is 5.73 Å². The predicted molar refractivity (Wildman–Crippen MR) is 53.4 cm³/mol. The van der Waals surface area contributed by atoms with E-state index in [-0.39, 0.29) is 12.6 Å². The smallest absolute Gasteiger partial charge is 0.191 e. The Morgan fingerprint density at radius 3 is 3.14 bits per heavy atom. The Morgan fingerprint density at radius 2 is 2.50 bits per heavy atom. The summed E-state index contributed by atoms with van der Waals surface area (Å²) in [5.74, 6) is 1.47. The van der Waals surface area contributed by atoms with E-state index in [9.17, 15) is 0 Å². The summed E-state index contributed by atoms with van der Waals surface area (Å²) in [6, 6.07) is 1.75. The van der Waals surface area contributed by atoms with Crippen LogP contribution in [-0.4, -0.2) is 32.2 Å². The van der Waals surface area contributed by atoms with Gasteiger partial charge in [-0.3, -0.25) is 0 Å². The molecule has 76 valence electrons. The number of rotatable bonds is 5. The van der Waals surface area contributed by atoms with Crippen molar-refractivity contribution in [1.29, 1.82) is 5.26 Å². The lowest BCUT2D eigenvalue weighted by molar-refractivity contribution is 0.579. The van der Waals surface area contributed by atoms with E-state index in [1.165, 1.54) is 4.80 Å². The van der Waals surface area contributed by atoms with Crippen LogP contribution in [0, 0.1) is 11.3 Å². The van der Waals surface area contributed by atoms with Gasteiger partial charge >= 0.3 is 0 Å². The highest BCUT2D eigenvalue weighted by atomic mass is 32.2. The highest BCUT2D eigenvalue weighted by molar-refractivity contribution is 7.98. The predicted octanol–water partition coefficient (Wildman–Crippen LogP) is -0.0504. The highest BCUT2D eigenvalue weighted by Gasteiger charge is 2.11. The second-order valence-corrected chi connectivity index (χ2v) is 3.71. The maximum absolute atomic E-state index is 8.40. The lowest BCUT2D eigenvalue weighted by Gasteiger charge is -2.03. The Morgan fingerprint density at radius 1 is 1.71 bits per heavy atom. The molecule has 0 aromatic carbocycles. The third-order valence-electron chi connectivity index (χ3n) is 1.65. The zero-order valence-electron chi connectivity index (χ0n) is 7.92. The molecule has 0 unspecified atom stereocenters. The van der Waals surface area contributed by atoms with Crippen molar-refractivity contribution in [2.75, 3.05) is 12.0 Å². The molecule has 1 rings (SSSR count). The molecule has 1 heterocycles. The van der Waals surface area contributed by atoms with Crippen molar-refractivity contribution in [3.63, 3.8) is 0 Å². The van der Waals surface area contributed by atoms with Gasteiger partial charge in [0.25, 0.3) is 0 Å². The summed E-state index contributed by atoms with van der Waals surface area (Å²) < 4.78 is 0. The molecule has 6 nitrogen and oxygen atoms in total. The van der Waals surface area contributed by atoms with E-state index >= 15 is 0 Å². The van der Waals surface area contributed by atoms with Crippen LogP contribution >= 0.6 is 11.8 Å². The number of tetrazole rings is 1. The van der Waals surface area contributed by atoms with Crippen LogP contribution in [0.4, 0.5) is 0 Å². The topological polar surface area (TPSA) is 93.4 Å². The zero-order chi connectivity index (χ0) is 10.4. The van der Waals surface area contributed by atoms with E-state index in [1.807, 2.05) is 12.3 Å². The van der Waals surface area contributed by atoms with Crippen molar-refractivity contribution in [2.45, 2.75) is 19.0 Å². The highest BCUT2D eigenvalue weighted by Crippen LogP contribution is 2.10. The molecule has 14 heavy (non-hydrogen) atoms. The summed E-state index contributed by atoms with van der Waals surface area (Å²) in [5, 5.41) is 19.9. The minimum absolute atomic E-state index is 0.113. The van der Waals surface area contributed by atoms with Crippen molar-refractivity contribution >= 4 is 11.8 Å². The molecule has 0 amide bonds. The molecular formula is C7H12N6S. The first kappa shape index (κ1) is 10.9. The molecule has 0 spiro atoms. The van der Waals surface area contributed by atoms with Crippen molar-refractivity contribution in [2.24, 2.45) is 5.73 Å². The van der Waals surface area contributed by atoms with Crippen molar-refractivity contribution in [3.8, 4) is 6.07 Å². The third kappa shape index (κ3) is 2.97. The first-order valence-corrected chi connectivity index (χ1v) is 5.56. The summed E-state index contributed by atoms with van der Waals surface area (Å²) >= 11 is 1.73. The van der Waals surface area contributed by atoms with Gasteiger partial charge in [-0.15, -0.1) is 15.0 Å². The maximum atomic E-state index is 8.40. The van der Waals surface area contributed by atoms with Crippen LogP contribution in [0.3, 0.4) is 0 Å². The van der Waals surface area contributed by atoms with Crippen molar-refractivity contribution < 1.29 is 0 Å². The van der Waals surface area contributed by atoms with Gasteiger partial charge in [-0.2, -0.15) is 17.0 Å². The maximum Gasteiger partial charge on any atom is 0.191 e. The van der Waals surface area contributed by atoms with Gasteiger partial charge in [0.05, 0.1) is 12.1 Å². The minimum atomic E-state index is -0.185. The summed E-state index contributed by atoms with van der Waals surface area (Å²) in [5.41, 5.74) is 5.82. The molecule has 0 radical (unpaired) electrons. The van der Waals surface area contributed by atoms with Crippen LogP contribution in [0.25, 0.3) is 0 Å². The summed E-state index contributed by atoms with van der Waals surface area (Å²) in [6.07, 6.45) is 2.84. The van der Waals surface area contributed by atoms with Crippen LogP contribution in [0.2, 0.25) is 0 Å². The fourth-order valence-electron chi connectivity index (χ4n) is 0.908. The molecule has 0 saturated heterocycles. The number of nitriles is 1. The molecule has 0 saturated carbocycles. The van der Waals surface area contributed by atoms with Gasteiger partial charge in [0.15, 0.2) is 5.82 Å². The Kier molecular flexibility index (Phi) is 4.35. The molecule has 0 aliphatic carbocycles. The number of nitrogens with two attached hydrogens (primary N) is 1. The Balaban J connectivity index is 2.53. The first-order chi connectivity index (χ1) is 6.77. The second kappa shape index (κ2) is 5.57. The summed E-state index contributed by atoms with van der Waals surface area (Å²) in [4.78, 5) is 1.24. The quantitative estimate of drug-likeness (QED) is 0.735. The molecule has 0 bridgehead atoms. The third-order valence-corrected chi connectivity index (χ3v) is 2.29. The lowest BCUT2D eigenvalue weighted by Crippen LogP contribution is -2.13. The van der Waals surface area contributed by atoms with E-state index in [0.717, 1.165) is 12.2 Å². The largest absolute Gasteiger partial charge is 0.321 e. The molecule has 1 atom stereocenters. The van der Waals surface area contributed by atoms with E-state index in [4.69, 9.17) is 11.0 Å². The van der Waals surface area contributed by atoms with Gasteiger partial charge in [0, 0.05) is 0 Å². The Labute approximate surface area is 86.5 Å². The normalized spacial score (nSPS) is 12.4. The van der Waals surface area contributed by atoms with Crippen LogP contribution in [0.15, 0.2) is 0 Å². The van der Waals surface area contributed by atoms with E-state index < -0.39 is 0 Å². The average molecular weight is 212 g/mol. The van der Waals surface area contributed by atoms with Crippen molar-refractivity contribution in [1.82, 2.24) is 20.2 Å². The van der Waals surface area contributed by atoms with Gasteiger partial charge in [-0.05, 0) is 23.6 Å². The minimum Gasteiger partial charge on any atom is -0.321 e. The monoisotopic (exact) mass is 212 g/mol. The van der Waals surface area contributed by atoms with Gasteiger partial charge < -0.3 is 5.73 Å². The number of hydrogen-bond donors (Lipinski definition) is 1. The zero-order valence-corrected chi connectivity index (χ0v) is 8.74. The number of hydrogen-bond acceptors (Lipinski definition) is 6. The molecule has 0 fully saturated rings. The van der Waals surface area contributed by atoms with E-state index in [1.54, 1.807) is 11.8 Å². The fraction of sp³-hybridized carbons (Fsp3) is 0.714. The number of nitrogens with zero attached hydrogens (tertiary/aromatic N) is 5. The van der Waals surface area contributed by atoms with Gasteiger partial charge in [-0.1, -0.05) is 0 Å².